The third-order valence-electron chi connectivity index (χ3n) is 7.81. The predicted octanol–water partition coefficient (Wildman–Crippen LogP) is 2.24. The first kappa shape index (κ1) is 23.4. The van der Waals surface area contributed by atoms with Gasteiger partial charge in [0.25, 0.3) is 5.78 Å². The van der Waals surface area contributed by atoms with Crippen LogP contribution in [0, 0.1) is 0 Å². The number of furan rings is 1. The summed E-state index contributed by atoms with van der Waals surface area (Å²) in [6, 6.07) is 12.4. The highest BCUT2D eigenvalue weighted by atomic mass is 16.3. The Morgan fingerprint density at radius 3 is 2.51 bits per heavy atom. The molecule has 39 heavy (non-hydrogen) atoms. The van der Waals surface area contributed by atoms with Gasteiger partial charge in [0.2, 0.25) is 23.6 Å². The molecule has 4 aromatic rings. The van der Waals surface area contributed by atoms with Crippen LogP contribution in [0.15, 0.2) is 53.1 Å². The van der Waals surface area contributed by atoms with Gasteiger partial charge in [0.15, 0.2) is 5.76 Å². The number of nitrogens with zero attached hydrogens (tertiary/aromatic N) is 8. The van der Waals surface area contributed by atoms with Crippen LogP contribution in [0.5, 0.6) is 0 Å². The van der Waals surface area contributed by atoms with Gasteiger partial charge in [0, 0.05) is 37.4 Å². The fourth-order valence-corrected chi connectivity index (χ4v) is 6.02. The summed E-state index contributed by atoms with van der Waals surface area (Å²) in [6.07, 6.45) is 4.84. The van der Waals surface area contributed by atoms with Gasteiger partial charge in [-0.25, -0.2) is 4.79 Å². The number of amides is 3. The quantitative estimate of drug-likeness (QED) is 0.406. The maximum Gasteiger partial charge on any atom is 0.321 e. The molecule has 3 fully saturated rings. The van der Waals surface area contributed by atoms with Crippen LogP contribution in [0.2, 0.25) is 0 Å². The van der Waals surface area contributed by atoms with Gasteiger partial charge in [0.1, 0.15) is 6.04 Å². The Kier molecular flexibility index (Phi) is 5.56. The number of anilines is 3. The van der Waals surface area contributed by atoms with Gasteiger partial charge in [-0.2, -0.15) is 19.5 Å². The number of carbonyl (C=O) groups excluding carboxylic acids is 2. The summed E-state index contributed by atoms with van der Waals surface area (Å²) in [4.78, 5) is 46.2. The molecule has 3 aliphatic rings. The van der Waals surface area contributed by atoms with Crippen LogP contribution in [0.1, 0.15) is 25.7 Å². The minimum Gasteiger partial charge on any atom is -0.461 e. The van der Waals surface area contributed by atoms with Gasteiger partial charge in [-0.1, -0.05) is 18.2 Å². The number of urea groups is 1. The zero-order valence-corrected chi connectivity index (χ0v) is 21.2. The lowest BCUT2D eigenvalue weighted by Crippen LogP contribution is -2.60. The van der Waals surface area contributed by atoms with E-state index in [9.17, 15) is 9.59 Å². The number of benzene rings is 1. The highest BCUT2D eigenvalue weighted by molar-refractivity contribution is 5.90. The highest BCUT2D eigenvalue weighted by Crippen LogP contribution is 2.34. The molecular formula is C26H28N10O3. The van der Waals surface area contributed by atoms with Crippen molar-refractivity contribution in [1.82, 2.24) is 34.4 Å². The Morgan fingerprint density at radius 1 is 0.974 bits per heavy atom. The van der Waals surface area contributed by atoms with Crippen molar-refractivity contribution in [2.24, 2.45) is 0 Å². The Labute approximate surface area is 223 Å². The Bertz CT molecular complexity index is 1510. The van der Waals surface area contributed by atoms with Crippen molar-refractivity contribution < 1.29 is 14.0 Å². The van der Waals surface area contributed by atoms with Crippen LogP contribution in [0.3, 0.4) is 0 Å². The van der Waals surface area contributed by atoms with Gasteiger partial charge >= 0.3 is 6.03 Å². The number of fused-ring (bicyclic) bond motifs is 3. The average Bonchev–Trinajstić information content (AvgIpc) is 3.74. The van der Waals surface area contributed by atoms with E-state index >= 15 is 0 Å². The van der Waals surface area contributed by atoms with E-state index in [1.807, 2.05) is 45.0 Å². The summed E-state index contributed by atoms with van der Waals surface area (Å²) in [5, 5.41) is 7.32. The summed E-state index contributed by atoms with van der Waals surface area (Å²) in [5.41, 5.74) is 6.98. The summed E-state index contributed by atoms with van der Waals surface area (Å²) in [7, 11) is 0. The van der Waals surface area contributed by atoms with Crippen molar-refractivity contribution in [3.63, 3.8) is 0 Å². The van der Waals surface area contributed by atoms with E-state index in [4.69, 9.17) is 10.2 Å². The van der Waals surface area contributed by atoms with E-state index in [1.165, 1.54) is 4.52 Å². The number of hydrogen-bond acceptors (Lipinski definition) is 9. The van der Waals surface area contributed by atoms with Crippen LogP contribution >= 0.6 is 0 Å². The SMILES string of the molecule is Nc1nc(N2CCC[C@H]2C(=O)N2C3CCC2CN(C(=O)Nc2ccccc2)C3)nc2nc(-c3ccco3)nn12. The number of rotatable bonds is 4. The third-order valence-corrected chi connectivity index (χ3v) is 7.81. The largest absolute Gasteiger partial charge is 0.461 e. The zero-order chi connectivity index (χ0) is 26.5. The molecule has 3 N–H and O–H groups in total. The molecule has 3 atom stereocenters. The fraction of sp³-hybridized carbons (Fsp3) is 0.385. The standard InChI is InChI=1S/C26H28N10O3/c27-23-30-24(31-25-29-21(32-36(23)25)20-9-5-13-39-20)34-12-4-8-19(34)22(37)35-17-10-11-18(35)15-33(14-17)26(38)28-16-6-2-1-3-7-16/h1-3,5-7,9,13,17-19H,4,8,10-12,14-15H2,(H,28,38)(H2,27,29,30,31,32)/t17?,18?,19-/m0/s1. The number of likely N-dealkylation sites (tertiary alicyclic amines) is 1. The number of nitrogens with two attached hydrogens (primary N) is 1. The smallest absolute Gasteiger partial charge is 0.321 e. The summed E-state index contributed by atoms with van der Waals surface area (Å²) in [6.45, 7) is 1.66. The molecule has 3 aromatic heterocycles. The average molecular weight is 529 g/mol. The number of hydrogen-bond donors (Lipinski definition) is 2. The topological polar surface area (TPSA) is 151 Å². The van der Waals surface area contributed by atoms with E-state index in [0.717, 1.165) is 24.9 Å². The first-order valence-electron chi connectivity index (χ1n) is 13.2. The van der Waals surface area contributed by atoms with Crippen LogP contribution in [-0.2, 0) is 4.79 Å². The monoisotopic (exact) mass is 528 g/mol. The van der Waals surface area contributed by atoms with Gasteiger partial charge in [-0.15, -0.1) is 5.10 Å². The molecule has 0 saturated carbocycles. The molecule has 0 aliphatic carbocycles. The van der Waals surface area contributed by atoms with E-state index < -0.39 is 6.04 Å². The molecule has 1 aromatic carbocycles. The van der Waals surface area contributed by atoms with Crippen molar-refractivity contribution in [1.29, 1.82) is 0 Å². The van der Waals surface area contributed by atoms with Crippen molar-refractivity contribution in [3.8, 4) is 11.6 Å². The first-order valence-corrected chi connectivity index (χ1v) is 13.2. The van der Waals surface area contributed by atoms with Crippen molar-refractivity contribution >= 4 is 35.3 Å². The minimum atomic E-state index is -0.396. The van der Waals surface area contributed by atoms with Crippen molar-refractivity contribution in [2.45, 2.75) is 43.8 Å². The summed E-state index contributed by atoms with van der Waals surface area (Å²) >= 11 is 0. The normalized spacial score (nSPS) is 22.6. The summed E-state index contributed by atoms with van der Waals surface area (Å²) in [5.74, 6) is 1.71. The van der Waals surface area contributed by atoms with Gasteiger partial charge in [0.05, 0.1) is 6.26 Å². The number of para-hydroxylation sites is 1. The van der Waals surface area contributed by atoms with Crippen molar-refractivity contribution in [3.05, 3.63) is 48.7 Å². The second-order valence-electron chi connectivity index (χ2n) is 10.2. The summed E-state index contributed by atoms with van der Waals surface area (Å²) < 4.78 is 6.77. The second-order valence-corrected chi connectivity index (χ2v) is 10.2. The van der Waals surface area contributed by atoms with Crippen LogP contribution in [0.25, 0.3) is 17.4 Å². The van der Waals surface area contributed by atoms with Gasteiger partial charge < -0.3 is 30.2 Å². The van der Waals surface area contributed by atoms with Crippen molar-refractivity contribution in [2.75, 3.05) is 35.6 Å². The molecule has 3 amide bonds. The Morgan fingerprint density at radius 2 is 1.77 bits per heavy atom. The molecule has 200 valence electrons. The van der Waals surface area contributed by atoms with Crippen LogP contribution in [0.4, 0.5) is 22.4 Å². The molecule has 13 heteroatoms. The molecule has 2 unspecified atom stereocenters. The molecule has 3 saturated heterocycles. The molecule has 3 aliphatic heterocycles. The van der Waals surface area contributed by atoms with E-state index in [2.05, 4.69) is 25.4 Å². The Hall–Kier alpha value is -4.68. The number of carbonyl (C=O) groups is 2. The number of nitrogen functional groups attached to an aromatic ring is 1. The van der Waals surface area contributed by atoms with E-state index in [-0.39, 0.29) is 30.0 Å². The van der Waals surface area contributed by atoms with Crippen LogP contribution < -0.4 is 16.0 Å². The maximum atomic E-state index is 14.0. The Balaban J connectivity index is 1.09. The fourth-order valence-electron chi connectivity index (χ4n) is 6.02. The molecule has 13 nitrogen and oxygen atoms in total. The number of piperazine rings is 1. The second kappa shape index (κ2) is 9.26. The number of nitrogens with one attached hydrogen (secondary N) is 1. The highest BCUT2D eigenvalue weighted by Gasteiger charge is 2.47. The zero-order valence-electron chi connectivity index (χ0n) is 21.2. The lowest BCUT2D eigenvalue weighted by atomic mass is 10.1. The van der Waals surface area contributed by atoms with Gasteiger partial charge in [-0.3, -0.25) is 4.79 Å². The van der Waals surface area contributed by atoms with E-state index in [0.29, 0.717) is 49.4 Å². The molecule has 6 heterocycles. The van der Waals surface area contributed by atoms with Crippen LogP contribution in [-0.4, -0.2) is 84.1 Å². The van der Waals surface area contributed by atoms with Gasteiger partial charge in [-0.05, 0) is 49.9 Å². The molecule has 7 rings (SSSR count). The minimum absolute atomic E-state index is 0.0129. The van der Waals surface area contributed by atoms with E-state index in [1.54, 1.807) is 18.4 Å². The predicted molar refractivity (Wildman–Crippen MR) is 142 cm³/mol. The molecule has 0 radical (unpaired) electrons. The third kappa shape index (κ3) is 4.10. The first-order chi connectivity index (χ1) is 19.0. The lowest BCUT2D eigenvalue weighted by Gasteiger charge is -2.42. The maximum absolute atomic E-state index is 14.0. The lowest BCUT2D eigenvalue weighted by molar-refractivity contribution is -0.137. The molecule has 0 spiro atoms. The number of aromatic nitrogens is 5. The molecular weight excluding hydrogens is 500 g/mol. The molecule has 2 bridgehead atoms.